The smallest absolute Gasteiger partial charge is 0.407 e. The highest BCUT2D eigenvalue weighted by Crippen LogP contribution is 2.06. The van der Waals surface area contributed by atoms with Gasteiger partial charge >= 0.3 is 6.09 Å². The van der Waals surface area contributed by atoms with E-state index >= 15 is 0 Å². The predicted molar refractivity (Wildman–Crippen MR) is 87.9 cm³/mol. The average Bonchev–Trinajstić information content (AvgIpc) is 2.44. The molecule has 0 bridgehead atoms. The van der Waals surface area contributed by atoms with Gasteiger partial charge in [-0.1, -0.05) is 30.3 Å². The Morgan fingerprint density at radius 2 is 1.91 bits per heavy atom. The second kappa shape index (κ2) is 8.76. The van der Waals surface area contributed by atoms with E-state index in [1.165, 1.54) is 5.56 Å². The number of carbonyl (C=O) groups excluding carboxylic acids is 1. The number of aliphatic hydroxyl groups is 1. The first-order valence-electron chi connectivity index (χ1n) is 7.68. The molecule has 1 unspecified atom stereocenters. The number of hydrogen-bond acceptors (Lipinski definition) is 4. The fraction of sp³-hybridized carbons (Fsp3) is 0.588. The molecular weight excluding hydrogens is 280 g/mol. The average molecular weight is 308 g/mol. The van der Waals surface area contributed by atoms with Crippen LogP contribution in [-0.2, 0) is 11.2 Å². The van der Waals surface area contributed by atoms with Gasteiger partial charge in [0.2, 0.25) is 0 Å². The Bertz CT molecular complexity index is 443. The minimum absolute atomic E-state index is 0.0355. The van der Waals surface area contributed by atoms with Gasteiger partial charge in [-0.05, 0) is 39.7 Å². The highest BCUT2D eigenvalue weighted by atomic mass is 16.6. The molecule has 0 fully saturated rings. The van der Waals surface area contributed by atoms with E-state index in [9.17, 15) is 9.90 Å². The number of nitrogens with one attached hydrogen (secondary N) is 2. The Kier molecular flexibility index (Phi) is 7.35. The molecule has 1 rings (SSSR count). The van der Waals surface area contributed by atoms with Gasteiger partial charge in [-0.3, -0.25) is 0 Å². The number of amides is 1. The van der Waals surface area contributed by atoms with E-state index in [1.54, 1.807) is 0 Å². The molecule has 1 aromatic carbocycles. The molecule has 1 amide bonds. The summed E-state index contributed by atoms with van der Waals surface area (Å²) in [6, 6.07) is 10.0. The lowest BCUT2D eigenvalue weighted by Gasteiger charge is -2.24. The van der Waals surface area contributed by atoms with Crippen molar-refractivity contribution in [2.45, 2.75) is 51.8 Å². The lowest BCUT2D eigenvalue weighted by Crippen LogP contribution is -2.46. The monoisotopic (exact) mass is 308 g/mol. The summed E-state index contributed by atoms with van der Waals surface area (Å²) in [5, 5.41) is 15.5. The molecule has 0 saturated carbocycles. The van der Waals surface area contributed by atoms with Crippen molar-refractivity contribution < 1.29 is 14.6 Å². The minimum atomic E-state index is -0.498. The fourth-order valence-corrected chi connectivity index (χ4v) is 2.09. The summed E-state index contributed by atoms with van der Waals surface area (Å²) in [6.45, 7) is 7.94. The van der Waals surface area contributed by atoms with Crippen molar-refractivity contribution in [1.29, 1.82) is 0 Å². The van der Waals surface area contributed by atoms with Crippen LogP contribution in [0.5, 0.6) is 0 Å². The molecule has 0 spiro atoms. The summed E-state index contributed by atoms with van der Waals surface area (Å²) in [5.41, 5.74) is 0.670. The van der Waals surface area contributed by atoms with Crippen LogP contribution in [0.15, 0.2) is 30.3 Å². The van der Waals surface area contributed by atoms with E-state index in [-0.39, 0.29) is 18.7 Å². The van der Waals surface area contributed by atoms with Gasteiger partial charge in [-0.15, -0.1) is 0 Å². The lowest BCUT2D eigenvalue weighted by atomic mass is 10.1. The number of rotatable bonds is 7. The van der Waals surface area contributed by atoms with E-state index in [0.29, 0.717) is 6.54 Å². The molecule has 1 aromatic rings. The third-order valence-corrected chi connectivity index (χ3v) is 3.02. The zero-order valence-corrected chi connectivity index (χ0v) is 13.9. The van der Waals surface area contributed by atoms with Gasteiger partial charge in [0.25, 0.3) is 0 Å². The van der Waals surface area contributed by atoms with Crippen molar-refractivity contribution in [3.63, 3.8) is 0 Å². The molecular formula is C17H28N2O3. The second-order valence-electron chi connectivity index (χ2n) is 6.52. The molecule has 124 valence electrons. The largest absolute Gasteiger partial charge is 0.444 e. The number of benzene rings is 1. The third kappa shape index (κ3) is 8.00. The SMILES string of the molecule is CC(CNC(=O)OC(C)(C)C)N[C@H](CO)Cc1ccccc1. The molecule has 0 radical (unpaired) electrons. The normalized spacial score (nSPS) is 14.2. The maximum Gasteiger partial charge on any atom is 0.407 e. The Hall–Kier alpha value is -1.59. The van der Waals surface area contributed by atoms with E-state index in [2.05, 4.69) is 10.6 Å². The summed E-state index contributed by atoms with van der Waals surface area (Å²) in [5.74, 6) is 0. The van der Waals surface area contributed by atoms with Crippen molar-refractivity contribution >= 4 is 6.09 Å². The maximum atomic E-state index is 11.6. The van der Waals surface area contributed by atoms with Crippen LogP contribution in [0, 0.1) is 0 Å². The predicted octanol–water partition coefficient (Wildman–Crippen LogP) is 2.09. The molecule has 0 heterocycles. The summed E-state index contributed by atoms with van der Waals surface area (Å²) in [6.07, 6.45) is 0.318. The fourth-order valence-electron chi connectivity index (χ4n) is 2.09. The van der Waals surface area contributed by atoms with Gasteiger partial charge in [0.15, 0.2) is 0 Å². The van der Waals surface area contributed by atoms with E-state index < -0.39 is 11.7 Å². The van der Waals surface area contributed by atoms with E-state index in [1.807, 2.05) is 58.0 Å². The van der Waals surface area contributed by atoms with Crippen LogP contribution < -0.4 is 10.6 Å². The first kappa shape index (κ1) is 18.5. The summed E-state index contributed by atoms with van der Waals surface area (Å²) < 4.78 is 5.19. The van der Waals surface area contributed by atoms with Gasteiger partial charge < -0.3 is 20.5 Å². The van der Waals surface area contributed by atoms with Crippen LogP contribution in [-0.4, -0.2) is 42.0 Å². The number of carbonyl (C=O) groups is 1. The number of aliphatic hydroxyl groups excluding tert-OH is 1. The zero-order valence-electron chi connectivity index (χ0n) is 13.9. The van der Waals surface area contributed by atoms with Gasteiger partial charge in [-0.25, -0.2) is 4.79 Å². The molecule has 0 aliphatic heterocycles. The van der Waals surface area contributed by atoms with Crippen LogP contribution in [0.3, 0.4) is 0 Å². The van der Waals surface area contributed by atoms with Gasteiger partial charge in [0.1, 0.15) is 5.60 Å². The summed E-state index contributed by atoms with van der Waals surface area (Å²) >= 11 is 0. The highest BCUT2D eigenvalue weighted by Gasteiger charge is 2.17. The van der Waals surface area contributed by atoms with Crippen LogP contribution >= 0.6 is 0 Å². The Balaban J connectivity index is 2.35. The molecule has 2 atom stereocenters. The first-order valence-corrected chi connectivity index (χ1v) is 7.68. The topological polar surface area (TPSA) is 70.6 Å². The highest BCUT2D eigenvalue weighted by molar-refractivity contribution is 5.67. The Labute approximate surface area is 133 Å². The third-order valence-electron chi connectivity index (χ3n) is 3.02. The van der Waals surface area contributed by atoms with E-state index in [0.717, 1.165) is 6.42 Å². The van der Waals surface area contributed by atoms with Crippen molar-refractivity contribution in [2.75, 3.05) is 13.2 Å². The number of hydrogen-bond donors (Lipinski definition) is 3. The maximum absolute atomic E-state index is 11.6. The van der Waals surface area contributed by atoms with Crippen LogP contribution in [0.2, 0.25) is 0 Å². The van der Waals surface area contributed by atoms with Crippen LogP contribution in [0.1, 0.15) is 33.3 Å². The standard InChI is InChI=1S/C17H28N2O3/c1-13(11-18-16(21)22-17(2,3)4)19-15(12-20)10-14-8-6-5-7-9-14/h5-9,13,15,19-20H,10-12H2,1-4H3,(H,18,21)/t13?,15-/m0/s1. The molecule has 0 saturated heterocycles. The zero-order chi connectivity index (χ0) is 16.6. The molecule has 22 heavy (non-hydrogen) atoms. The molecule has 5 heteroatoms. The minimum Gasteiger partial charge on any atom is -0.444 e. The molecule has 5 nitrogen and oxygen atoms in total. The molecule has 3 N–H and O–H groups in total. The Morgan fingerprint density at radius 3 is 2.45 bits per heavy atom. The lowest BCUT2D eigenvalue weighted by molar-refractivity contribution is 0.0522. The van der Waals surface area contributed by atoms with E-state index in [4.69, 9.17) is 4.74 Å². The molecule has 0 aliphatic rings. The molecule has 0 aliphatic carbocycles. The van der Waals surface area contributed by atoms with Crippen molar-refractivity contribution in [3.05, 3.63) is 35.9 Å². The van der Waals surface area contributed by atoms with Crippen LogP contribution in [0.4, 0.5) is 4.79 Å². The summed E-state index contributed by atoms with van der Waals surface area (Å²) in [4.78, 5) is 11.6. The first-order chi connectivity index (χ1) is 10.3. The number of ether oxygens (including phenoxy) is 1. The number of alkyl carbamates (subject to hydrolysis) is 1. The quantitative estimate of drug-likeness (QED) is 0.721. The van der Waals surface area contributed by atoms with Gasteiger partial charge in [0.05, 0.1) is 6.61 Å². The Morgan fingerprint density at radius 1 is 1.27 bits per heavy atom. The van der Waals surface area contributed by atoms with Gasteiger partial charge in [-0.2, -0.15) is 0 Å². The second-order valence-corrected chi connectivity index (χ2v) is 6.52. The van der Waals surface area contributed by atoms with Crippen molar-refractivity contribution in [2.24, 2.45) is 0 Å². The summed E-state index contributed by atoms with van der Waals surface area (Å²) in [7, 11) is 0. The molecule has 0 aromatic heterocycles. The van der Waals surface area contributed by atoms with Crippen LogP contribution in [0.25, 0.3) is 0 Å². The van der Waals surface area contributed by atoms with Gasteiger partial charge in [0, 0.05) is 18.6 Å². The van der Waals surface area contributed by atoms with Crippen molar-refractivity contribution in [1.82, 2.24) is 10.6 Å². The van der Waals surface area contributed by atoms with Crippen molar-refractivity contribution in [3.8, 4) is 0 Å².